The molecule has 0 aliphatic rings. The van der Waals surface area contributed by atoms with Gasteiger partial charge in [-0.25, -0.2) is 0 Å². The van der Waals surface area contributed by atoms with Crippen LogP contribution in [0, 0.1) is 6.92 Å². The van der Waals surface area contributed by atoms with Crippen molar-refractivity contribution in [1.29, 1.82) is 0 Å². The van der Waals surface area contributed by atoms with Gasteiger partial charge in [0, 0.05) is 0 Å². The van der Waals surface area contributed by atoms with Gasteiger partial charge in [0.15, 0.2) is 0 Å². The molecule has 0 fully saturated rings. The highest BCUT2D eigenvalue weighted by molar-refractivity contribution is 5.85. The van der Waals surface area contributed by atoms with Crippen LogP contribution in [0.2, 0.25) is 0 Å². The molecular formula is C11H15ClF3N. The second kappa shape index (κ2) is 6.11. The number of rotatable bonds is 3. The molecule has 1 unspecified atom stereocenters. The molecular weight excluding hydrogens is 239 g/mol. The Bertz CT molecular complexity index is 325. The Morgan fingerprint density at radius 3 is 2.31 bits per heavy atom. The second-order valence-corrected chi connectivity index (χ2v) is 3.61. The average Bonchev–Trinajstić information content (AvgIpc) is 2.14. The Balaban J connectivity index is 0.00000225. The largest absolute Gasteiger partial charge is 0.403 e. The van der Waals surface area contributed by atoms with E-state index in [1.165, 1.54) is 0 Å². The quantitative estimate of drug-likeness (QED) is 0.879. The van der Waals surface area contributed by atoms with Crippen LogP contribution in [0.5, 0.6) is 0 Å². The number of aryl methyl sites for hydroxylation is 2. The fraction of sp³-hybridized carbons (Fsp3) is 0.455. The minimum absolute atomic E-state index is 0. The van der Waals surface area contributed by atoms with Crippen molar-refractivity contribution in [2.75, 3.05) is 0 Å². The van der Waals surface area contributed by atoms with Crippen LogP contribution in [-0.2, 0) is 6.42 Å². The summed E-state index contributed by atoms with van der Waals surface area (Å²) in [7, 11) is 0. The molecule has 92 valence electrons. The van der Waals surface area contributed by atoms with Gasteiger partial charge in [0.05, 0.1) is 0 Å². The number of alkyl halides is 3. The Kier molecular flexibility index (Phi) is 5.83. The molecule has 0 bridgehead atoms. The van der Waals surface area contributed by atoms with E-state index in [4.69, 9.17) is 5.73 Å². The highest BCUT2D eigenvalue weighted by atomic mass is 35.5. The predicted molar refractivity (Wildman–Crippen MR) is 60.8 cm³/mol. The van der Waals surface area contributed by atoms with Crippen LogP contribution in [0.15, 0.2) is 24.3 Å². The third-order valence-corrected chi connectivity index (χ3v) is 2.41. The lowest BCUT2D eigenvalue weighted by Gasteiger charge is -2.15. The lowest BCUT2D eigenvalue weighted by Crippen LogP contribution is -2.37. The molecule has 1 atom stereocenters. The van der Waals surface area contributed by atoms with E-state index in [1.807, 2.05) is 31.2 Å². The van der Waals surface area contributed by atoms with Crippen molar-refractivity contribution in [2.45, 2.75) is 32.0 Å². The van der Waals surface area contributed by atoms with Crippen molar-refractivity contribution in [1.82, 2.24) is 0 Å². The van der Waals surface area contributed by atoms with Crippen molar-refractivity contribution >= 4 is 12.4 Å². The Hall–Kier alpha value is -0.740. The number of hydrogen-bond acceptors (Lipinski definition) is 1. The SMILES string of the molecule is Cc1ccccc1CCC(N)C(F)(F)F.Cl. The first-order valence-electron chi connectivity index (χ1n) is 4.78. The summed E-state index contributed by atoms with van der Waals surface area (Å²) in [6.45, 7) is 1.88. The smallest absolute Gasteiger partial charge is 0.320 e. The molecule has 0 heterocycles. The monoisotopic (exact) mass is 253 g/mol. The molecule has 16 heavy (non-hydrogen) atoms. The fourth-order valence-electron chi connectivity index (χ4n) is 1.37. The zero-order valence-electron chi connectivity index (χ0n) is 8.92. The van der Waals surface area contributed by atoms with E-state index in [0.717, 1.165) is 11.1 Å². The van der Waals surface area contributed by atoms with Gasteiger partial charge in [0.2, 0.25) is 0 Å². The van der Waals surface area contributed by atoms with E-state index in [2.05, 4.69) is 0 Å². The van der Waals surface area contributed by atoms with E-state index in [9.17, 15) is 13.2 Å². The number of hydrogen-bond donors (Lipinski definition) is 1. The van der Waals surface area contributed by atoms with Crippen molar-refractivity contribution in [3.05, 3.63) is 35.4 Å². The van der Waals surface area contributed by atoms with Crippen molar-refractivity contribution < 1.29 is 13.2 Å². The van der Waals surface area contributed by atoms with Gasteiger partial charge in [-0.2, -0.15) is 13.2 Å². The van der Waals surface area contributed by atoms with Gasteiger partial charge in [-0.1, -0.05) is 24.3 Å². The second-order valence-electron chi connectivity index (χ2n) is 3.61. The van der Waals surface area contributed by atoms with Crippen LogP contribution in [-0.4, -0.2) is 12.2 Å². The van der Waals surface area contributed by atoms with Crippen LogP contribution < -0.4 is 5.73 Å². The highest BCUT2D eigenvalue weighted by Gasteiger charge is 2.35. The van der Waals surface area contributed by atoms with E-state index >= 15 is 0 Å². The van der Waals surface area contributed by atoms with Gasteiger partial charge >= 0.3 is 6.18 Å². The molecule has 5 heteroatoms. The first-order valence-corrected chi connectivity index (χ1v) is 4.78. The highest BCUT2D eigenvalue weighted by Crippen LogP contribution is 2.22. The average molecular weight is 254 g/mol. The molecule has 0 aliphatic carbocycles. The third kappa shape index (κ3) is 4.41. The van der Waals surface area contributed by atoms with E-state index < -0.39 is 12.2 Å². The van der Waals surface area contributed by atoms with Crippen molar-refractivity contribution in [3.63, 3.8) is 0 Å². The van der Waals surface area contributed by atoms with Gasteiger partial charge in [-0.05, 0) is 30.9 Å². The summed E-state index contributed by atoms with van der Waals surface area (Å²) in [5, 5.41) is 0. The van der Waals surface area contributed by atoms with Crippen LogP contribution in [0.1, 0.15) is 17.5 Å². The molecule has 0 saturated carbocycles. The first kappa shape index (κ1) is 15.3. The third-order valence-electron chi connectivity index (χ3n) is 2.41. The zero-order valence-corrected chi connectivity index (χ0v) is 9.74. The number of benzene rings is 1. The van der Waals surface area contributed by atoms with Crippen molar-refractivity contribution in [3.8, 4) is 0 Å². The van der Waals surface area contributed by atoms with Gasteiger partial charge < -0.3 is 5.73 Å². The Morgan fingerprint density at radius 1 is 1.25 bits per heavy atom. The van der Waals surface area contributed by atoms with Crippen LogP contribution in [0.4, 0.5) is 13.2 Å². The molecule has 0 radical (unpaired) electrons. The first-order chi connectivity index (χ1) is 6.91. The van der Waals surface area contributed by atoms with E-state index in [-0.39, 0.29) is 18.8 Å². The molecule has 0 aromatic heterocycles. The maximum absolute atomic E-state index is 12.1. The maximum Gasteiger partial charge on any atom is 0.403 e. The summed E-state index contributed by atoms with van der Waals surface area (Å²) in [5.41, 5.74) is 6.96. The molecule has 2 N–H and O–H groups in total. The summed E-state index contributed by atoms with van der Waals surface area (Å²) in [6, 6.07) is 5.67. The molecule has 1 aromatic carbocycles. The number of halogens is 4. The summed E-state index contributed by atoms with van der Waals surface area (Å²) < 4.78 is 36.4. The standard InChI is InChI=1S/C11H14F3N.ClH/c1-8-4-2-3-5-9(8)6-7-10(15)11(12,13)14;/h2-5,10H,6-7,15H2,1H3;1H. The summed E-state index contributed by atoms with van der Waals surface area (Å²) >= 11 is 0. The summed E-state index contributed by atoms with van der Waals surface area (Å²) in [4.78, 5) is 0. The summed E-state index contributed by atoms with van der Waals surface area (Å²) in [5.74, 6) is 0. The van der Waals surface area contributed by atoms with Gasteiger partial charge in [-0.3, -0.25) is 0 Å². The Labute approximate surface area is 99.2 Å². The van der Waals surface area contributed by atoms with Crippen LogP contribution in [0.25, 0.3) is 0 Å². The van der Waals surface area contributed by atoms with Crippen LogP contribution in [0.3, 0.4) is 0 Å². The van der Waals surface area contributed by atoms with Crippen LogP contribution >= 0.6 is 12.4 Å². The molecule has 1 nitrogen and oxygen atoms in total. The predicted octanol–water partition coefficient (Wildman–Crippen LogP) is 3.24. The molecule has 1 aromatic rings. The molecule has 0 saturated heterocycles. The van der Waals surface area contributed by atoms with E-state index in [1.54, 1.807) is 0 Å². The van der Waals surface area contributed by atoms with Gasteiger partial charge in [0.25, 0.3) is 0 Å². The molecule has 0 amide bonds. The molecule has 0 aliphatic heterocycles. The van der Waals surface area contributed by atoms with Crippen molar-refractivity contribution in [2.24, 2.45) is 5.73 Å². The topological polar surface area (TPSA) is 26.0 Å². The molecule has 1 rings (SSSR count). The minimum Gasteiger partial charge on any atom is -0.320 e. The summed E-state index contributed by atoms with van der Waals surface area (Å²) in [6.07, 6.45) is -3.98. The maximum atomic E-state index is 12.1. The fourth-order valence-corrected chi connectivity index (χ4v) is 1.37. The Morgan fingerprint density at radius 2 is 1.81 bits per heavy atom. The normalized spacial score (nSPS) is 13.1. The lowest BCUT2D eigenvalue weighted by atomic mass is 10.0. The lowest BCUT2D eigenvalue weighted by molar-refractivity contribution is -0.148. The molecule has 0 spiro atoms. The zero-order chi connectivity index (χ0) is 11.5. The van der Waals surface area contributed by atoms with Gasteiger partial charge in [0.1, 0.15) is 6.04 Å². The van der Waals surface area contributed by atoms with E-state index in [0.29, 0.717) is 6.42 Å². The van der Waals surface area contributed by atoms with Gasteiger partial charge in [-0.15, -0.1) is 12.4 Å². The minimum atomic E-state index is -4.29. The number of nitrogens with two attached hydrogens (primary N) is 1.